The molecular weight excluding hydrogens is 386 g/mol. The molecule has 1 amide bonds. The van der Waals surface area contributed by atoms with Gasteiger partial charge in [-0.25, -0.2) is 4.98 Å². The first-order chi connectivity index (χ1) is 14.2. The number of rotatable bonds is 7. The molecule has 1 N–H and O–H groups in total. The summed E-state index contributed by atoms with van der Waals surface area (Å²) in [6.07, 6.45) is 1.63. The number of amides is 1. The van der Waals surface area contributed by atoms with Gasteiger partial charge >= 0.3 is 5.69 Å². The maximum Gasteiger partial charge on any atom is 0.312 e. The normalized spacial score (nSPS) is 10.7. The highest BCUT2D eigenvalue weighted by molar-refractivity contribution is 5.75. The number of ether oxygens (including phenoxy) is 1. The summed E-state index contributed by atoms with van der Waals surface area (Å²) in [6, 6.07) is 9.53. The van der Waals surface area contributed by atoms with E-state index in [4.69, 9.17) is 4.74 Å². The SMILES string of the molecule is Cc1ccc(C)c(Oc2ccc(CNC(=O)Cn3nc(C)c([N+](=O)[O-])c3C)cn2)c1. The molecule has 0 fully saturated rings. The lowest BCUT2D eigenvalue weighted by Gasteiger charge is -2.10. The summed E-state index contributed by atoms with van der Waals surface area (Å²) in [5.41, 5.74) is 3.49. The molecule has 0 bridgehead atoms. The lowest BCUT2D eigenvalue weighted by molar-refractivity contribution is -0.386. The average molecular weight is 409 g/mol. The predicted molar refractivity (Wildman–Crippen MR) is 110 cm³/mol. The monoisotopic (exact) mass is 409 g/mol. The van der Waals surface area contributed by atoms with E-state index < -0.39 is 4.92 Å². The zero-order valence-corrected chi connectivity index (χ0v) is 17.3. The van der Waals surface area contributed by atoms with Gasteiger partial charge in [-0.15, -0.1) is 0 Å². The molecule has 0 atom stereocenters. The highest BCUT2D eigenvalue weighted by Crippen LogP contribution is 2.25. The number of hydrogen-bond donors (Lipinski definition) is 1. The van der Waals surface area contributed by atoms with E-state index in [1.165, 1.54) is 4.68 Å². The number of benzene rings is 1. The molecular formula is C21H23N5O4. The summed E-state index contributed by atoms with van der Waals surface area (Å²) in [4.78, 5) is 27.1. The molecule has 0 aliphatic heterocycles. The molecule has 9 heteroatoms. The number of aryl methyl sites for hydroxylation is 3. The van der Waals surface area contributed by atoms with Crippen molar-refractivity contribution in [2.75, 3.05) is 0 Å². The lowest BCUT2D eigenvalue weighted by Crippen LogP contribution is -2.28. The second kappa shape index (κ2) is 8.73. The molecule has 0 saturated carbocycles. The second-order valence-electron chi connectivity index (χ2n) is 7.09. The van der Waals surface area contributed by atoms with Gasteiger partial charge in [-0.3, -0.25) is 19.6 Å². The number of pyridine rings is 1. The molecule has 3 rings (SSSR count). The average Bonchev–Trinajstić information content (AvgIpc) is 2.97. The predicted octanol–water partition coefficient (Wildman–Crippen LogP) is 3.53. The Hall–Kier alpha value is -3.75. The number of nitro groups is 1. The van der Waals surface area contributed by atoms with Crippen LogP contribution < -0.4 is 10.1 Å². The third-order valence-corrected chi connectivity index (χ3v) is 4.66. The van der Waals surface area contributed by atoms with Crippen LogP contribution in [0.15, 0.2) is 36.5 Å². The number of aromatic nitrogens is 3. The van der Waals surface area contributed by atoms with Crippen molar-refractivity contribution in [3.63, 3.8) is 0 Å². The molecule has 1 aromatic carbocycles. The standard InChI is InChI=1S/C21H23N5O4/c1-13-5-6-14(2)18(9-13)30-20-8-7-17(11-23-20)10-22-19(27)12-25-16(4)21(26(28)29)15(3)24-25/h5-9,11H,10,12H2,1-4H3,(H,22,27). The molecule has 9 nitrogen and oxygen atoms in total. The zero-order chi connectivity index (χ0) is 21.8. The first-order valence-corrected chi connectivity index (χ1v) is 9.39. The van der Waals surface area contributed by atoms with Crippen LogP contribution in [0.4, 0.5) is 5.69 Å². The molecule has 0 aliphatic carbocycles. The Labute approximate surface area is 173 Å². The zero-order valence-electron chi connectivity index (χ0n) is 17.3. The largest absolute Gasteiger partial charge is 0.439 e. The van der Waals surface area contributed by atoms with E-state index in [1.54, 1.807) is 26.1 Å². The number of hydrogen-bond acceptors (Lipinski definition) is 6. The van der Waals surface area contributed by atoms with Gasteiger partial charge in [-0.1, -0.05) is 18.2 Å². The Morgan fingerprint density at radius 1 is 1.20 bits per heavy atom. The van der Waals surface area contributed by atoms with E-state index in [1.807, 2.05) is 38.1 Å². The number of nitrogens with one attached hydrogen (secondary N) is 1. The van der Waals surface area contributed by atoms with Gasteiger partial charge in [0.15, 0.2) is 0 Å². The highest BCUT2D eigenvalue weighted by Gasteiger charge is 2.22. The van der Waals surface area contributed by atoms with Crippen LogP contribution in [0.3, 0.4) is 0 Å². The lowest BCUT2D eigenvalue weighted by atomic mass is 10.1. The van der Waals surface area contributed by atoms with Crippen LogP contribution in [0, 0.1) is 37.8 Å². The first-order valence-electron chi connectivity index (χ1n) is 9.39. The minimum Gasteiger partial charge on any atom is -0.439 e. The van der Waals surface area contributed by atoms with Crippen molar-refractivity contribution in [1.29, 1.82) is 0 Å². The van der Waals surface area contributed by atoms with Crippen molar-refractivity contribution < 1.29 is 14.5 Å². The fourth-order valence-electron chi connectivity index (χ4n) is 3.00. The van der Waals surface area contributed by atoms with Crippen molar-refractivity contribution in [3.8, 4) is 11.6 Å². The fourth-order valence-corrected chi connectivity index (χ4v) is 3.00. The van der Waals surface area contributed by atoms with Crippen LogP contribution in [-0.4, -0.2) is 25.6 Å². The quantitative estimate of drug-likeness (QED) is 0.472. The highest BCUT2D eigenvalue weighted by atomic mass is 16.6. The number of carbonyl (C=O) groups excluding carboxylic acids is 1. The smallest absolute Gasteiger partial charge is 0.312 e. The van der Waals surface area contributed by atoms with Crippen molar-refractivity contribution in [1.82, 2.24) is 20.1 Å². The van der Waals surface area contributed by atoms with Crippen molar-refractivity contribution in [2.24, 2.45) is 0 Å². The van der Waals surface area contributed by atoms with Crippen LogP contribution in [0.1, 0.15) is 28.1 Å². The van der Waals surface area contributed by atoms with E-state index in [-0.39, 0.29) is 30.4 Å². The minimum atomic E-state index is -0.486. The van der Waals surface area contributed by atoms with Crippen molar-refractivity contribution in [3.05, 3.63) is 74.7 Å². The van der Waals surface area contributed by atoms with Gasteiger partial charge < -0.3 is 10.1 Å². The van der Waals surface area contributed by atoms with E-state index in [0.29, 0.717) is 11.6 Å². The van der Waals surface area contributed by atoms with Gasteiger partial charge in [0.25, 0.3) is 0 Å². The van der Waals surface area contributed by atoms with E-state index in [2.05, 4.69) is 15.4 Å². The molecule has 30 heavy (non-hydrogen) atoms. The van der Waals surface area contributed by atoms with E-state index >= 15 is 0 Å². The Morgan fingerprint density at radius 3 is 2.60 bits per heavy atom. The van der Waals surface area contributed by atoms with Gasteiger partial charge in [0, 0.05) is 18.8 Å². The van der Waals surface area contributed by atoms with Crippen LogP contribution in [0.2, 0.25) is 0 Å². The van der Waals surface area contributed by atoms with Crippen LogP contribution in [0.5, 0.6) is 11.6 Å². The molecule has 0 aliphatic rings. The molecule has 2 heterocycles. The third-order valence-electron chi connectivity index (χ3n) is 4.66. The Morgan fingerprint density at radius 2 is 1.97 bits per heavy atom. The van der Waals surface area contributed by atoms with Crippen molar-refractivity contribution in [2.45, 2.75) is 40.8 Å². The summed E-state index contributed by atoms with van der Waals surface area (Å²) < 4.78 is 7.17. The van der Waals surface area contributed by atoms with Crippen LogP contribution >= 0.6 is 0 Å². The summed E-state index contributed by atoms with van der Waals surface area (Å²) in [5.74, 6) is 0.919. The van der Waals surface area contributed by atoms with Crippen LogP contribution in [0.25, 0.3) is 0 Å². The van der Waals surface area contributed by atoms with Crippen LogP contribution in [-0.2, 0) is 17.9 Å². The van der Waals surface area contributed by atoms with E-state index in [9.17, 15) is 14.9 Å². The molecule has 0 saturated heterocycles. The second-order valence-corrected chi connectivity index (χ2v) is 7.09. The number of carbonyl (C=O) groups is 1. The molecule has 0 radical (unpaired) electrons. The first kappa shape index (κ1) is 21.0. The molecule has 0 unspecified atom stereocenters. The topological polar surface area (TPSA) is 112 Å². The summed E-state index contributed by atoms with van der Waals surface area (Å²) >= 11 is 0. The van der Waals surface area contributed by atoms with Gasteiger partial charge in [0.2, 0.25) is 11.8 Å². The Bertz CT molecular complexity index is 1090. The van der Waals surface area contributed by atoms with Gasteiger partial charge in [0.1, 0.15) is 23.7 Å². The maximum atomic E-state index is 12.2. The number of nitrogens with zero attached hydrogens (tertiary/aromatic N) is 4. The summed E-state index contributed by atoms with van der Waals surface area (Å²) in [6.45, 7) is 7.27. The molecule has 156 valence electrons. The minimum absolute atomic E-state index is 0.0635. The third kappa shape index (κ3) is 4.80. The summed E-state index contributed by atoms with van der Waals surface area (Å²) in [5, 5.41) is 17.9. The fraction of sp³-hybridized carbons (Fsp3) is 0.286. The maximum absolute atomic E-state index is 12.2. The van der Waals surface area contributed by atoms with E-state index in [0.717, 1.165) is 22.4 Å². The molecule has 3 aromatic rings. The Balaban J connectivity index is 1.57. The van der Waals surface area contributed by atoms with Gasteiger partial charge in [-0.05, 0) is 50.5 Å². The molecule has 0 spiro atoms. The van der Waals surface area contributed by atoms with Gasteiger partial charge in [0.05, 0.1) is 4.92 Å². The van der Waals surface area contributed by atoms with Gasteiger partial charge in [-0.2, -0.15) is 5.10 Å². The Kier molecular flexibility index (Phi) is 6.10. The summed E-state index contributed by atoms with van der Waals surface area (Å²) in [7, 11) is 0. The van der Waals surface area contributed by atoms with Crippen molar-refractivity contribution >= 4 is 11.6 Å². The molecule has 2 aromatic heterocycles.